The first-order valence-corrected chi connectivity index (χ1v) is 11.0. The molecule has 33 heavy (non-hydrogen) atoms. The Bertz CT molecular complexity index is 972. The quantitative estimate of drug-likeness (QED) is 0.508. The zero-order valence-corrected chi connectivity index (χ0v) is 19.1. The molecule has 0 heterocycles. The minimum atomic E-state index is -1.41. The number of fused-ring (bicyclic) bond motifs is 3. The van der Waals surface area contributed by atoms with Gasteiger partial charge in [-0.15, -0.1) is 0 Å². The van der Waals surface area contributed by atoms with Crippen LogP contribution < -0.4 is 10.6 Å². The Labute approximate surface area is 193 Å². The van der Waals surface area contributed by atoms with E-state index in [0.29, 0.717) is 0 Å². The molecule has 8 nitrogen and oxygen atoms in total. The van der Waals surface area contributed by atoms with Gasteiger partial charge in [0.05, 0.1) is 6.61 Å². The van der Waals surface area contributed by atoms with E-state index in [-0.39, 0.29) is 32.0 Å². The van der Waals surface area contributed by atoms with Gasteiger partial charge in [-0.25, -0.2) is 9.59 Å². The predicted octanol–water partition coefficient (Wildman–Crippen LogP) is 3.30. The van der Waals surface area contributed by atoms with Crippen LogP contribution in [0.1, 0.15) is 43.7 Å². The second kappa shape index (κ2) is 10.5. The van der Waals surface area contributed by atoms with Crippen molar-refractivity contribution in [2.24, 2.45) is 0 Å². The summed E-state index contributed by atoms with van der Waals surface area (Å²) in [6.45, 7) is 3.34. The molecule has 8 heteroatoms. The third kappa shape index (κ3) is 5.01. The van der Waals surface area contributed by atoms with Gasteiger partial charge in [0.1, 0.15) is 18.2 Å². The van der Waals surface area contributed by atoms with Gasteiger partial charge in [0.25, 0.3) is 0 Å². The van der Waals surface area contributed by atoms with E-state index in [1.807, 2.05) is 48.5 Å². The number of carbonyl (C=O) groups excluding carboxylic acids is 2. The van der Waals surface area contributed by atoms with Crippen LogP contribution in [0.15, 0.2) is 48.5 Å². The van der Waals surface area contributed by atoms with Gasteiger partial charge >= 0.3 is 12.1 Å². The van der Waals surface area contributed by atoms with E-state index in [2.05, 4.69) is 10.6 Å². The van der Waals surface area contributed by atoms with E-state index >= 15 is 0 Å². The van der Waals surface area contributed by atoms with Crippen molar-refractivity contribution in [1.29, 1.82) is 0 Å². The lowest BCUT2D eigenvalue weighted by Gasteiger charge is -2.30. The highest BCUT2D eigenvalue weighted by Crippen LogP contribution is 2.44. The molecule has 0 radical (unpaired) electrons. The van der Waals surface area contributed by atoms with Crippen LogP contribution in [0.25, 0.3) is 11.1 Å². The number of methoxy groups -OCH3 is 1. The second-order valence-electron chi connectivity index (χ2n) is 8.06. The first-order chi connectivity index (χ1) is 15.9. The van der Waals surface area contributed by atoms with Crippen molar-refractivity contribution in [2.45, 2.75) is 44.2 Å². The maximum Gasteiger partial charge on any atom is 0.407 e. The van der Waals surface area contributed by atoms with Crippen molar-refractivity contribution in [3.63, 3.8) is 0 Å². The van der Waals surface area contributed by atoms with Crippen molar-refractivity contribution in [3.05, 3.63) is 59.7 Å². The third-order valence-electron chi connectivity index (χ3n) is 6.26. The van der Waals surface area contributed by atoms with Gasteiger partial charge in [0, 0.05) is 13.0 Å². The third-order valence-corrected chi connectivity index (χ3v) is 6.26. The van der Waals surface area contributed by atoms with Crippen LogP contribution in [0.5, 0.6) is 0 Å². The molecule has 1 unspecified atom stereocenters. The smallest absolute Gasteiger partial charge is 0.407 e. The molecule has 3 N–H and O–H groups in total. The summed E-state index contributed by atoms with van der Waals surface area (Å²) in [4.78, 5) is 37.1. The number of hydrogen-bond acceptors (Lipinski definition) is 5. The average molecular weight is 455 g/mol. The fourth-order valence-electron chi connectivity index (χ4n) is 4.24. The lowest BCUT2D eigenvalue weighted by Crippen LogP contribution is -2.59. The van der Waals surface area contributed by atoms with Crippen molar-refractivity contribution in [3.8, 4) is 11.1 Å². The van der Waals surface area contributed by atoms with Crippen LogP contribution >= 0.6 is 0 Å². The average Bonchev–Trinajstić information content (AvgIpc) is 3.14. The number of benzene rings is 2. The Morgan fingerprint density at radius 1 is 1.00 bits per heavy atom. The molecule has 0 aliphatic heterocycles. The SMILES string of the molecule is CCC(CC)(NC(=O)C(COC)NC(=O)OCC1c2ccccc2-c2ccccc21)C(=O)O. The lowest BCUT2D eigenvalue weighted by molar-refractivity contribution is -0.148. The van der Waals surface area contributed by atoms with Crippen LogP contribution in [-0.2, 0) is 19.1 Å². The zero-order valence-electron chi connectivity index (χ0n) is 19.1. The maximum absolute atomic E-state index is 12.8. The molecule has 0 fully saturated rings. The first-order valence-electron chi connectivity index (χ1n) is 11.0. The van der Waals surface area contributed by atoms with Gasteiger partial charge in [-0.1, -0.05) is 62.4 Å². The minimum absolute atomic E-state index is 0.101. The molecular weight excluding hydrogens is 424 g/mol. The minimum Gasteiger partial charge on any atom is -0.480 e. The van der Waals surface area contributed by atoms with Crippen molar-refractivity contribution >= 4 is 18.0 Å². The molecule has 3 rings (SSSR count). The molecule has 176 valence electrons. The van der Waals surface area contributed by atoms with Crippen LogP contribution in [0.3, 0.4) is 0 Å². The number of carboxylic acids is 1. The fraction of sp³-hybridized carbons (Fsp3) is 0.400. The predicted molar refractivity (Wildman–Crippen MR) is 123 cm³/mol. The Morgan fingerprint density at radius 2 is 1.55 bits per heavy atom. The van der Waals surface area contributed by atoms with Crippen molar-refractivity contribution < 1.29 is 29.0 Å². The van der Waals surface area contributed by atoms with Gasteiger partial charge in [-0.3, -0.25) is 4.79 Å². The number of rotatable bonds is 10. The Morgan fingerprint density at radius 3 is 2.03 bits per heavy atom. The molecular formula is C25H30N2O6. The summed E-state index contributed by atoms with van der Waals surface area (Å²) in [6, 6.07) is 14.9. The van der Waals surface area contributed by atoms with E-state index < -0.39 is 29.6 Å². The normalized spacial score (nSPS) is 13.5. The fourth-order valence-corrected chi connectivity index (χ4v) is 4.24. The topological polar surface area (TPSA) is 114 Å². The Kier molecular flexibility index (Phi) is 7.71. The molecule has 0 spiro atoms. The van der Waals surface area contributed by atoms with Crippen LogP contribution in [0.4, 0.5) is 4.79 Å². The molecule has 0 saturated heterocycles. The standard InChI is InChI=1S/C25H30N2O6/c1-4-25(5-2,23(29)30)27-22(28)21(15-32-3)26-24(31)33-14-20-18-12-8-6-10-16(18)17-11-7-9-13-19(17)20/h6-13,20-21H,4-5,14-15H2,1-3H3,(H,26,31)(H,27,28)(H,29,30). The van der Waals surface area contributed by atoms with Gasteiger partial charge in [-0.2, -0.15) is 0 Å². The summed E-state index contributed by atoms with van der Waals surface area (Å²) in [5.74, 6) is -1.88. The zero-order chi connectivity index (χ0) is 24.0. The van der Waals surface area contributed by atoms with Crippen LogP contribution in [-0.4, -0.2) is 55.0 Å². The summed E-state index contributed by atoms with van der Waals surface area (Å²) in [7, 11) is 1.39. The van der Waals surface area contributed by atoms with Crippen LogP contribution in [0.2, 0.25) is 0 Å². The summed E-state index contributed by atoms with van der Waals surface area (Å²) in [6.07, 6.45) is -0.368. The van der Waals surface area contributed by atoms with Crippen LogP contribution in [0, 0.1) is 0 Å². The van der Waals surface area contributed by atoms with Gasteiger partial charge < -0.3 is 25.2 Å². The largest absolute Gasteiger partial charge is 0.480 e. The molecule has 0 saturated carbocycles. The Balaban J connectivity index is 1.67. The molecule has 0 aromatic heterocycles. The highest BCUT2D eigenvalue weighted by atomic mass is 16.5. The highest BCUT2D eigenvalue weighted by Gasteiger charge is 2.38. The summed E-state index contributed by atoms with van der Waals surface area (Å²) in [5.41, 5.74) is 2.97. The van der Waals surface area contributed by atoms with Gasteiger partial charge in [0.15, 0.2) is 0 Å². The number of carbonyl (C=O) groups is 3. The number of aliphatic carboxylic acids is 1. The molecule has 1 aliphatic carbocycles. The van der Waals surface area contributed by atoms with E-state index in [9.17, 15) is 19.5 Å². The van der Waals surface area contributed by atoms with E-state index in [1.165, 1.54) is 7.11 Å². The van der Waals surface area contributed by atoms with E-state index in [4.69, 9.17) is 9.47 Å². The monoisotopic (exact) mass is 454 g/mol. The Hall–Kier alpha value is -3.39. The van der Waals surface area contributed by atoms with E-state index in [0.717, 1.165) is 22.3 Å². The van der Waals surface area contributed by atoms with Crippen molar-refractivity contribution in [1.82, 2.24) is 10.6 Å². The molecule has 1 atom stereocenters. The molecule has 2 amide bonds. The number of alkyl carbamates (subject to hydrolysis) is 1. The summed E-state index contributed by atoms with van der Waals surface area (Å²) < 4.78 is 10.6. The van der Waals surface area contributed by atoms with Gasteiger partial charge in [-0.05, 0) is 35.1 Å². The highest BCUT2D eigenvalue weighted by molar-refractivity contribution is 5.91. The number of amides is 2. The molecule has 0 bridgehead atoms. The number of nitrogens with one attached hydrogen (secondary N) is 2. The molecule has 2 aromatic rings. The molecule has 1 aliphatic rings. The maximum atomic E-state index is 12.8. The van der Waals surface area contributed by atoms with E-state index in [1.54, 1.807) is 13.8 Å². The number of ether oxygens (including phenoxy) is 2. The second-order valence-corrected chi connectivity index (χ2v) is 8.06. The lowest BCUT2D eigenvalue weighted by atomic mass is 9.92. The van der Waals surface area contributed by atoms with Gasteiger partial charge in [0.2, 0.25) is 5.91 Å². The summed E-state index contributed by atoms with van der Waals surface area (Å²) in [5, 5.41) is 14.6. The molecule has 2 aromatic carbocycles. The number of carboxylic acid groups (broad SMARTS) is 1. The summed E-state index contributed by atoms with van der Waals surface area (Å²) >= 11 is 0. The first kappa shape index (κ1) is 24.3. The van der Waals surface area contributed by atoms with Crippen molar-refractivity contribution in [2.75, 3.05) is 20.3 Å². The number of hydrogen-bond donors (Lipinski definition) is 3.